The van der Waals surface area contributed by atoms with E-state index in [4.69, 9.17) is 23.2 Å². The first-order chi connectivity index (χ1) is 10.2. The summed E-state index contributed by atoms with van der Waals surface area (Å²) in [5.41, 5.74) is 2.98. The standard InChI is InChI=1S/C18H18Cl2O2/c1-18(2,3)12-6-4-5-11(9-12)10-14-13(17(21)22)7-8-15(19)16(14)20/h4-9H,10H2,1-3H3,(H,21,22). The van der Waals surface area contributed by atoms with Crippen molar-refractivity contribution in [2.24, 2.45) is 0 Å². The molecule has 0 saturated heterocycles. The number of hydrogen-bond acceptors (Lipinski definition) is 1. The fourth-order valence-electron chi connectivity index (χ4n) is 2.32. The van der Waals surface area contributed by atoms with E-state index in [0.717, 1.165) is 5.56 Å². The Morgan fingerprint density at radius 2 is 1.82 bits per heavy atom. The van der Waals surface area contributed by atoms with Gasteiger partial charge < -0.3 is 5.11 Å². The molecule has 0 spiro atoms. The summed E-state index contributed by atoms with van der Waals surface area (Å²) in [7, 11) is 0. The maximum Gasteiger partial charge on any atom is 0.336 e. The van der Waals surface area contributed by atoms with E-state index in [1.165, 1.54) is 17.7 Å². The third-order valence-electron chi connectivity index (χ3n) is 3.60. The molecular formula is C18H18Cl2O2. The number of benzene rings is 2. The summed E-state index contributed by atoms with van der Waals surface area (Å²) in [5, 5.41) is 10.0. The topological polar surface area (TPSA) is 37.3 Å². The van der Waals surface area contributed by atoms with Gasteiger partial charge in [-0.3, -0.25) is 0 Å². The molecule has 2 aromatic rings. The number of carboxylic acid groups (broad SMARTS) is 1. The van der Waals surface area contributed by atoms with Crippen LogP contribution in [-0.2, 0) is 11.8 Å². The fourth-order valence-corrected chi connectivity index (χ4v) is 2.73. The number of carboxylic acids is 1. The molecule has 0 bridgehead atoms. The highest BCUT2D eigenvalue weighted by Crippen LogP contribution is 2.31. The lowest BCUT2D eigenvalue weighted by Gasteiger charge is -2.20. The smallest absolute Gasteiger partial charge is 0.336 e. The molecule has 0 unspecified atom stereocenters. The minimum Gasteiger partial charge on any atom is -0.478 e. The number of rotatable bonds is 3. The molecule has 4 heteroatoms. The predicted octanol–water partition coefficient (Wildman–Crippen LogP) is 5.58. The van der Waals surface area contributed by atoms with Gasteiger partial charge in [0.25, 0.3) is 0 Å². The Morgan fingerprint density at radius 3 is 2.41 bits per heavy atom. The second kappa shape index (κ2) is 6.31. The molecule has 2 aromatic carbocycles. The van der Waals surface area contributed by atoms with E-state index >= 15 is 0 Å². The second-order valence-corrected chi connectivity index (χ2v) is 7.10. The monoisotopic (exact) mass is 336 g/mol. The number of aromatic carboxylic acids is 1. The highest BCUT2D eigenvalue weighted by Gasteiger charge is 2.18. The molecule has 116 valence electrons. The summed E-state index contributed by atoms with van der Waals surface area (Å²) in [5.74, 6) is -0.999. The lowest BCUT2D eigenvalue weighted by molar-refractivity contribution is 0.0696. The third-order valence-corrected chi connectivity index (χ3v) is 4.44. The SMILES string of the molecule is CC(C)(C)c1cccc(Cc2c(C(=O)O)ccc(Cl)c2Cl)c1. The van der Waals surface area contributed by atoms with Crippen molar-refractivity contribution in [1.82, 2.24) is 0 Å². The van der Waals surface area contributed by atoms with Gasteiger partial charge in [0.15, 0.2) is 0 Å². The van der Waals surface area contributed by atoms with Gasteiger partial charge in [-0.1, -0.05) is 68.2 Å². The Hall–Kier alpha value is -1.51. The second-order valence-electron chi connectivity index (χ2n) is 6.32. The van der Waals surface area contributed by atoms with E-state index in [2.05, 4.69) is 32.9 Å². The van der Waals surface area contributed by atoms with Crippen molar-refractivity contribution in [2.75, 3.05) is 0 Å². The van der Waals surface area contributed by atoms with E-state index in [9.17, 15) is 9.90 Å². The maximum atomic E-state index is 11.4. The first-order valence-corrected chi connectivity index (χ1v) is 7.75. The van der Waals surface area contributed by atoms with Gasteiger partial charge in [-0.05, 0) is 40.7 Å². The van der Waals surface area contributed by atoms with Crippen LogP contribution >= 0.6 is 23.2 Å². The molecule has 2 rings (SSSR count). The molecular weight excluding hydrogens is 319 g/mol. The van der Waals surface area contributed by atoms with E-state index in [1.807, 2.05) is 12.1 Å². The lowest BCUT2D eigenvalue weighted by atomic mass is 9.85. The summed E-state index contributed by atoms with van der Waals surface area (Å²) < 4.78 is 0. The van der Waals surface area contributed by atoms with Crippen LogP contribution in [0.1, 0.15) is 47.8 Å². The van der Waals surface area contributed by atoms with Crippen molar-refractivity contribution < 1.29 is 9.90 Å². The molecule has 1 N–H and O–H groups in total. The highest BCUT2D eigenvalue weighted by atomic mass is 35.5. The Labute approximate surface area is 140 Å². The molecule has 2 nitrogen and oxygen atoms in total. The maximum absolute atomic E-state index is 11.4. The van der Waals surface area contributed by atoms with Crippen LogP contribution in [-0.4, -0.2) is 11.1 Å². The highest BCUT2D eigenvalue weighted by molar-refractivity contribution is 6.42. The normalized spacial score (nSPS) is 11.5. The van der Waals surface area contributed by atoms with Crippen molar-refractivity contribution in [2.45, 2.75) is 32.6 Å². The fraction of sp³-hybridized carbons (Fsp3) is 0.278. The molecule has 0 radical (unpaired) electrons. The van der Waals surface area contributed by atoms with E-state index < -0.39 is 5.97 Å². The molecule has 0 aliphatic carbocycles. The van der Waals surface area contributed by atoms with E-state index in [0.29, 0.717) is 22.0 Å². The first-order valence-electron chi connectivity index (χ1n) is 6.99. The molecule has 0 aliphatic rings. The van der Waals surface area contributed by atoms with Crippen LogP contribution in [0.15, 0.2) is 36.4 Å². The van der Waals surface area contributed by atoms with Crippen LogP contribution < -0.4 is 0 Å². The zero-order valence-electron chi connectivity index (χ0n) is 12.8. The van der Waals surface area contributed by atoms with Crippen LogP contribution in [0.5, 0.6) is 0 Å². The zero-order valence-corrected chi connectivity index (χ0v) is 14.3. The van der Waals surface area contributed by atoms with Crippen molar-refractivity contribution in [1.29, 1.82) is 0 Å². The minimum absolute atomic E-state index is 0.0315. The summed E-state index contributed by atoms with van der Waals surface area (Å²) in [6.45, 7) is 6.42. The first kappa shape index (κ1) is 16.9. The van der Waals surface area contributed by atoms with Crippen LogP contribution in [0.2, 0.25) is 10.0 Å². The lowest BCUT2D eigenvalue weighted by Crippen LogP contribution is -2.11. The van der Waals surface area contributed by atoms with Gasteiger partial charge in [0, 0.05) is 0 Å². The summed E-state index contributed by atoms with van der Waals surface area (Å²) in [6.07, 6.45) is 0.435. The Bertz CT molecular complexity index is 716. The van der Waals surface area contributed by atoms with Gasteiger partial charge in [0.2, 0.25) is 0 Å². The van der Waals surface area contributed by atoms with Gasteiger partial charge in [0.05, 0.1) is 15.6 Å². The van der Waals surface area contributed by atoms with E-state index in [-0.39, 0.29) is 11.0 Å². The average molecular weight is 337 g/mol. The third kappa shape index (κ3) is 3.63. The van der Waals surface area contributed by atoms with Crippen LogP contribution in [0.25, 0.3) is 0 Å². The summed E-state index contributed by atoms with van der Waals surface area (Å²) in [6, 6.07) is 11.1. The molecule has 0 aromatic heterocycles. The van der Waals surface area contributed by atoms with Gasteiger partial charge in [-0.25, -0.2) is 4.79 Å². The molecule has 0 atom stereocenters. The number of hydrogen-bond donors (Lipinski definition) is 1. The Kier molecular flexibility index (Phi) is 4.84. The van der Waals surface area contributed by atoms with Gasteiger partial charge in [0.1, 0.15) is 0 Å². The molecule has 0 saturated carbocycles. The van der Waals surface area contributed by atoms with E-state index in [1.54, 1.807) is 0 Å². The van der Waals surface area contributed by atoms with Crippen molar-refractivity contribution in [3.63, 3.8) is 0 Å². The van der Waals surface area contributed by atoms with Gasteiger partial charge in [-0.2, -0.15) is 0 Å². The number of halogens is 2. The summed E-state index contributed by atoms with van der Waals surface area (Å²) >= 11 is 12.3. The van der Waals surface area contributed by atoms with Crippen molar-refractivity contribution >= 4 is 29.2 Å². The van der Waals surface area contributed by atoms with Crippen LogP contribution in [0, 0.1) is 0 Å². The molecule has 22 heavy (non-hydrogen) atoms. The van der Waals surface area contributed by atoms with Crippen LogP contribution in [0.3, 0.4) is 0 Å². The summed E-state index contributed by atoms with van der Waals surface area (Å²) in [4.78, 5) is 11.4. The van der Waals surface area contributed by atoms with Crippen LogP contribution in [0.4, 0.5) is 0 Å². The predicted molar refractivity (Wildman–Crippen MR) is 91.4 cm³/mol. The van der Waals surface area contributed by atoms with Crippen molar-refractivity contribution in [3.8, 4) is 0 Å². The number of carbonyl (C=O) groups is 1. The molecule has 0 heterocycles. The Balaban J connectivity index is 2.47. The largest absolute Gasteiger partial charge is 0.478 e. The zero-order chi connectivity index (χ0) is 16.5. The molecule has 0 fully saturated rings. The quantitative estimate of drug-likeness (QED) is 0.794. The Morgan fingerprint density at radius 1 is 1.14 bits per heavy atom. The van der Waals surface area contributed by atoms with Gasteiger partial charge in [-0.15, -0.1) is 0 Å². The minimum atomic E-state index is -0.999. The average Bonchev–Trinajstić information content (AvgIpc) is 2.43. The molecule has 0 aliphatic heterocycles. The van der Waals surface area contributed by atoms with Crippen molar-refractivity contribution in [3.05, 3.63) is 68.7 Å². The molecule has 0 amide bonds. The van der Waals surface area contributed by atoms with Gasteiger partial charge >= 0.3 is 5.97 Å².